The fraction of sp³-hybridized carbons (Fsp3) is 0.211. The molecule has 0 fully saturated rings. The van der Waals surface area contributed by atoms with Crippen molar-refractivity contribution in [3.05, 3.63) is 54.3 Å². The SMILES string of the molecule is Cc1ccc(C(O)(CO)C(F)(F)F)cc1-c1cnc2c(N)nc(-c3cnco3)cn12. The maximum atomic E-state index is 13.4. The van der Waals surface area contributed by atoms with Crippen molar-refractivity contribution in [1.29, 1.82) is 0 Å². The second-order valence-electron chi connectivity index (χ2n) is 6.76. The van der Waals surface area contributed by atoms with E-state index in [2.05, 4.69) is 15.0 Å². The average molecular weight is 419 g/mol. The molecule has 4 aromatic rings. The number of aromatic nitrogens is 4. The minimum atomic E-state index is -5.07. The highest BCUT2D eigenvalue weighted by atomic mass is 19.4. The van der Waals surface area contributed by atoms with E-state index in [0.29, 0.717) is 33.9 Å². The van der Waals surface area contributed by atoms with Crippen LogP contribution in [-0.2, 0) is 5.60 Å². The highest BCUT2D eigenvalue weighted by molar-refractivity contribution is 5.74. The van der Waals surface area contributed by atoms with Crippen LogP contribution < -0.4 is 5.73 Å². The minimum absolute atomic E-state index is 0.0890. The average Bonchev–Trinajstić information content (AvgIpc) is 3.37. The van der Waals surface area contributed by atoms with Gasteiger partial charge in [0.25, 0.3) is 0 Å². The van der Waals surface area contributed by atoms with E-state index in [1.807, 2.05) is 0 Å². The number of hydrogen-bond acceptors (Lipinski definition) is 7. The van der Waals surface area contributed by atoms with E-state index in [4.69, 9.17) is 10.2 Å². The van der Waals surface area contributed by atoms with Gasteiger partial charge in [-0.1, -0.05) is 12.1 Å². The predicted molar refractivity (Wildman–Crippen MR) is 100 cm³/mol. The van der Waals surface area contributed by atoms with Gasteiger partial charge in [-0.05, 0) is 24.1 Å². The van der Waals surface area contributed by atoms with E-state index in [1.165, 1.54) is 30.9 Å². The van der Waals surface area contributed by atoms with Crippen LogP contribution in [0.3, 0.4) is 0 Å². The van der Waals surface area contributed by atoms with Gasteiger partial charge >= 0.3 is 6.18 Å². The summed E-state index contributed by atoms with van der Waals surface area (Å²) < 4.78 is 47.0. The zero-order chi connectivity index (χ0) is 21.7. The van der Waals surface area contributed by atoms with E-state index in [9.17, 15) is 23.4 Å². The molecule has 1 unspecified atom stereocenters. The Kier molecular flexibility index (Phi) is 4.51. The molecule has 4 N–H and O–H groups in total. The van der Waals surface area contributed by atoms with E-state index in [0.717, 1.165) is 6.07 Å². The predicted octanol–water partition coefficient (Wildman–Crippen LogP) is 2.68. The van der Waals surface area contributed by atoms with Gasteiger partial charge in [-0.15, -0.1) is 0 Å². The first-order valence-electron chi connectivity index (χ1n) is 8.69. The van der Waals surface area contributed by atoms with Crippen molar-refractivity contribution in [2.45, 2.75) is 18.7 Å². The van der Waals surface area contributed by atoms with Gasteiger partial charge in [0.15, 0.2) is 23.6 Å². The lowest BCUT2D eigenvalue weighted by Crippen LogP contribution is -2.45. The molecule has 0 amide bonds. The van der Waals surface area contributed by atoms with Crippen molar-refractivity contribution in [2.75, 3.05) is 12.3 Å². The Morgan fingerprint density at radius 1 is 1.23 bits per heavy atom. The van der Waals surface area contributed by atoms with Crippen LogP contribution in [0.5, 0.6) is 0 Å². The summed E-state index contributed by atoms with van der Waals surface area (Å²) in [5.74, 6) is 0.437. The van der Waals surface area contributed by atoms with Crippen molar-refractivity contribution in [1.82, 2.24) is 19.4 Å². The number of aliphatic hydroxyl groups is 2. The molecule has 0 bridgehead atoms. The quantitative estimate of drug-likeness (QED) is 0.465. The largest absolute Gasteiger partial charge is 0.442 e. The van der Waals surface area contributed by atoms with Crippen molar-refractivity contribution >= 4 is 11.5 Å². The van der Waals surface area contributed by atoms with Crippen LogP contribution >= 0.6 is 0 Å². The van der Waals surface area contributed by atoms with Crippen LogP contribution in [0.2, 0.25) is 0 Å². The molecule has 156 valence electrons. The number of halogens is 3. The van der Waals surface area contributed by atoms with Gasteiger partial charge in [0, 0.05) is 11.8 Å². The Balaban J connectivity index is 1.93. The molecule has 11 heteroatoms. The number of hydrogen-bond donors (Lipinski definition) is 3. The van der Waals surface area contributed by atoms with Gasteiger partial charge < -0.3 is 20.4 Å². The Hall–Kier alpha value is -3.44. The smallest absolute Gasteiger partial charge is 0.423 e. The molecule has 1 aromatic carbocycles. The molecule has 0 aliphatic rings. The van der Waals surface area contributed by atoms with Gasteiger partial charge in [0.1, 0.15) is 5.69 Å². The van der Waals surface area contributed by atoms with Crippen LogP contribution in [0, 0.1) is 6.92 Å². The number of oxazole rings is 1. The fourth-order valence-electron chi connectivity index (χ4n) is 3.17. The second-order valence-corrected chi connectivity index (χ2v) is 6.76. The zero-order valence-corrected chi connectivity index (χ0v) is 15.6. The van der Waals surface area contributed by atoms with Gasteiger partial charge in [-0.25, -0.2) is 15.0 Å². The Morgan fingerprint density at radius 3 is 2.63 bits per heavy atom. The number of nitrogens with two attached hydrogens (primary N) is 1. The Labute approximate surface area is 167 Å². The molecule has 1 atom stereocenters. The highest BCUT2D eigenvalue weighted by Gasteiger charge is 2.54. The summed E-state index contributed by atoms with van der Waals surface area (Å²) in [5.41, 5.74) is 4.16. The number of rotatable bonds is 4. The number of benzene rings is 1. The van der Waals surface area contributed by atoms with Crippen LogP contribution in [-0.4, -0.2) is 42.3 Å². The van der Waals surface area contributed by atoms with E-state index >= 15 is 0 Å². The summed E-state index contributed by atoms with van der Waals surface area (Å²) in [5, 5.41) is 19.4. The molecular weight excluding hydrogens is 403 g/mol. The molecule has 0 aliphatic heterocycles. The number of imidazole rings is 1. The first-order valence-corrected chi connectivity index (χ1v) is 8.69. The standard InChI is InChI=1S/C19H16F3N5O3/c1-10-2-3-11(18(29,8-28)19(20,21)22)4-12(10)14-5-25-17-16(23)26-13(7-27(14)17)15-6-24-9-30-15/h2-7,9,28-29H,8H2,1H3,(H2,23,26). The molecule has 4 rings (SSSR count). The monoisotopic (exact) mass is 419 g/mol. The number of nitrogen functional groups attached to an aromatic ring is 1. The van der Waals surface area contributed by atoms with Crippen LogP contribution in [0.4, 0.5) is 19.0 Å². The normalized spacial score (nSPS) is 14.2. The first kappa shape index (κ1) is 19.9. The van der Waals surface area contributed by atoms with Crippen LogP contribution in [0.15, 0.2) is 47.6 Å². The number of alkyl halides is 3. The highest BCUT2D eigenvalue weighted by Crippen LogP contribution is 2.40. The summed E-state index contributed by atoms with van der Waals surface area (Å²) in [6.45, 7) is 0.185. The summed E-state index contributed by atoms with van der Waals surface area (Å²) in [6, 6.07) is 3.73. The maximum absolute atomic E-state index is 13.4. The third-order valence-electron chi connectivity index (χ3n) is 4.89. The van der Waals surface area contributed by atoms with Crippen LogP contribution in [0.25, 0.3) is 28.4 Å². The lowest BCUT2D eigenvalue weighted by atomic mass is 9.90. The summed E-state index contributed by atoms with van der Waals surface area (Å²) >= 11 is 0. The zero-order valence-electron chi connectivity index (χ0n) is 15.6. The molecule has 0 radical (unpaired) electrons. The second kappa shape index (κ2) is 6.82. The van der Waals surface area contributed by atoms with Gasteiger partial charge in [-0.3, -0.25) is 4.40 Å². The van der Waals surface area contributed by atoms with Crippen molar-refractivity contribution in [2.24, 2.45) is 0 Å². The van der Waals surface area contributed by atoms with Crippen molar-refractivity contribution < 1.29 is 27.8 Å². The Morgan fingerprint density at radius 2 is 2.00 bits per heavy atom. The Bertz CT molecular complexity index is 1220. The lowest BCUT2D eigenvalue weighted by Gasteiger charge is -2.29. The van der Waals surface area contributed by atoms with Crippen molar-refractivity contribution in [3.63, 3.8) is 0 Å². The van der Waals surface area contributed by atoms with E-state index < -0.39 is 23.9 Å². The van der Waals surface area contributed by atoms with Gasteiger partial charge in [0.05, 0.1) is 24.7 Å². The number of fused-ring (bicyclic) bond motifs is 1. The maximum Gasteiger partial charge on any atom is 0.423 e. The van der Waals surface area contributed by atoms with Gasteiger partial charge in [0.2, 0.25) is 5.60 Å². The summed E-state index contributed by atoms with van der Waals surface area (Å²) in [7, 11) is 0. The van der Waals surface area contributed by atoms with E-state index in [-0.39, 0.29) is 5.82 Å². The molecule has 8 nitrogen and oxygen atoms in total. The third-order valence-corrected chi connectivity index (χ3v) is 4.89. The molecule has 0 saturated heterocycles. The molecule has 0 spiro atoms. The fourth-order valence-corrected chi connectivity index (χ4v) is 3.17. The van der Waals surface area contributed by atoms with Crippen LogP contribution in [0.1, 0.15) is 11.1 Å². The molecule has 3 aromatic heterocycles. The number of nitrogens with zero attached hydrogens (tertiary/aromatic N) is 4. The first-order chi connectivity index (χ1) is 14.2. The molecule has 30 heavy (non-hydrogen) atoms. The molecule has 0 saturated carbocycles. The van der Waals surface area contributed by atoms with E-state index in [1.54, 1.807) is 17.5 Å². The molecule has 0 aliphatic carbocycles. The summed E-state index contributed by atoms with van der Waals surface area (Å²) in [6.07, 6.45) is 0.618. The van der Waals surface area contributed by atoms with Crippen molar-refractivity contribution in [3.8, 4) is 22.7 Å². The molecule has 3 heterocycles. The summed E-state index contributed by atoms with van der Waals surface area (Å²) in [4.78, 5) is 12.3. The number of anilines is 1. The third kappa shape index (κ3) is 2.99. The lowest BCUT2D eigenvalue weighted by molar-refractivity contribution is -0.277. The van der Waals surface area contributed by atoms with Gasteiger partial charge in [-0.2, -0.15) is 13.2 Å². The number of aryl methyl sites for hydroxylation is 1. The topological polar surface area (TPSA) is 123 Å². The molecular formula is C19H16F3N5O3. The number of aliphatic hydroxyl groups excluding tert-OH is 1. The minimum Gasteiger partial charge on any atom is -0.442 e.